The number of hydrogen-bond acceptors (Lipinski definition) is 12. The smallest absolute Gasteiger partial charge is 0.344 e. The quantitative estimate of drug-likeness (QED) is 0.181. The maximum Gasteiger partial charge on any atom is 0.344 e. The van der Waals surface area contributed by atoms with Crippen LogP contribution in [0.3, 0.4) is 0 Å². The van der Waals surface area contributed by atoms with Gasteiger partial charge in [-0.3, -0.25) is 14.5 Å². The first-order chi connectivity index (χ1) is 28.3. The first-order valence-corrected chi connectivity index (χ1v) is 21.3. The van der Waals surface area contributed by atoms with Gasteiger partial charge in [0.1, 0.15) is 11.2 Å². The number of carbonyl (C=O) groups excluding carboxylic acids is 3. The Morgan fingerprint density at radius 3 is 2.44 bits per heavy atom. The van der Waals surface area contributed by atoms with Crippen molar-refractivity contribution in [2.24, 2.45) is 17.3 Å². The molecule has 59 heavy (non-hydrogen) atoms. The van der Waals surface area contributed by atoms with Crippen molar-refractivity contribution in [1.29, 1.82) is 0 Å². The Balaban J connectivity index is 1.37. The fraction of sp³-hybridized carbons (Fsp3) is 0.587. The molecule has 1 aliphatic carbocycles. The molecule has 3 fully saturated rings. The molecule has 1 aromatic heterocycles. The number of likely N-dealkylation sites (N-methyl/N-ethyl adjacent to an activating group) is 1. The Bertz CT molecular complexity index is 2240. The second kappa shape index (κ2) is 14.1. The first-order valence-electron chi connectivity index (χ1n) is 21.3. The topological polar surface area (TPSA) is 154 Å². The number of hydrogen-bond donors (Lipinski definition) is 3. The highest BCUT2D eigenvalue weighted by Crippen LogP contribution is 2.68. The molecule has 3 N–H and O–H groups in total. The number of rotatable bonds is 7. The maximum absolute atomic E-state index is 15.3. The molecule has 0 radical (unpaired) electrons. The number of aliphatic hydroxyl groups is 2. The van der Waals surface area contributed by atoms with Crippen LogP contribution in [-0.4, -0.2) is 134 Å². The lowest BCUT2D eigenvalue weighted by atomic mass is 9.47. The molecule has 5 aliphatic heterocycles. The number of aromatic amines is 1. The zero-order chi connectivity index (χ0) is 41.8. The number of nitrogens with one attached hydrogen (secondary N) is 1. The van der Waals surface area contributed by atoms with Crippen LogP contribution in [0.25, 0.3) is 10.9 Å². The molecule has 2 saturated heterocycles. The molecule has 6 aliphatic rings. The van der Waals surface area contributed by atoms with Crippen molar-refractivity contribution in [2.75, 3.05) is 66.0 Å². The Morgan fingerprint density at radius 2 is 1.75 bits per heavy atom. The molecule has 316 valence electrons. The fourth-order valence-corrected chi connectivity index (χ4v) is 13.5. The predicted molar refractivity (Wildman–Crippen MR) is 220 cm³/mol. The molecule has 11 atom stereocenters. The number of aromatic nitrogens is 1. The second-order valence-electron chi connectivity index (χ2n) is 18.0. The SMILES string of the molecule is CC[C@H]1CN2CCc3c([nH]c4ccccc34)[C@@](C(=O)OC)(c3cc4c(cc3OC)N(C)[C@H]3[C@@](O)(C(=O)OC)[C@H](OC(C)=O)[C@]5(CC)C=CCN6CC[C@]43[C@@H]65)C[C@@H](C2)C1O. The molecule has 1 spiro atoms. The third-order valence-corrected chi connectivity index (χ3v) is 15.7. The molecular weight excluding hydrogens is 753 g/mol. The number of nitrogens with zero attached hydrogens (tertiary/aromatic N) is 3. The van der Waals surface area contributed by atoms with Gasteiger partial charge in [-0.1, -0.05) is 44.2 Å². The van der Waals surface area contributed by atoms with Gasteiger partial charge in [0.15, 0.2) is 6.10 Å². The molecule has 3 aromatic rings. The summed E-state index contributed by atoms with van der Waals surface area (Å²) in [6, 6.07) is 10.9. The molecule has 13 nitrogen and oxygen atoms in total. The highest BCUT2D eigenvalue weighted by atomic mass is 16.6. The van der Waals surface area contributed by atoms with E-state index in [1.807, 2.05) is 49.2 Å². The van der Waals surface area contributed by atoms with E-state index in [1.54, 1.807) is 7.11 Å². The third-order valence-electron chi connectivity index (χ3n) is 15.7. The summed E-state index contributed by atoms with van der Waals surface area (Å²) < 4.78 is 23.9. The minimum Gasteiger partial charge on any atom is -0.496 e. The largest absolute Gasteiger partial charge is 0.496 e. The summed E-state index contributed by atoms with van der Waals surface area (Å²) in [6.45, 7) is 8.89. The summed E-state index contributed by atoms with van der Waals surface area (Å²) in [6.07, 6.45) is 4.91. The summed E-state index contributed by atoms with van der Waals surface area (Å²) >= 11 is 0. The normalized spacial score (nSPS) is 37.0. The molecule has 9 rings (SSSR count). The molecule has 1 saturated carbocycles. The number of carbonyl (C=O) groups is 3. The molecule has 13 heteroatoms. The lowest BCUT2D eigenvalue weighted by molar-refractivity contribution is -0.228. The van der Waals surface area contributed by atoms with Crippen LogP contribution in [0.2, 0.25) is 0 Å². The minimum atomic E-state index is -2.31. The number of piperidine rings is 1. The third kappa shape index (κ3) is 5.13. The van der Waals surface area contributed by atoms with E-state index in [4.69, 9.17) is 18.9 Å². The Labute approximate surface area is 345 Å². The van der Waals surface area contributed by atoms with Crippen LogP contribution >= 0.6 is 0 Å². The van der Waals surface area contributed by atoms with E-state index in [9.17, 15) is 19.8 Å². The van der Waals surface area contributed by atoms with Crippen molar-refractivity contribution in [3.63, 3.8) is 0 Å². The zero-order valence-electron chi connectivity index (χ0n) is 35.2. The second-order valence-corrected chi connectivity index (χ2v) is 18.0. The number of anilines is 1. The lowest BCUT2D eigenvalue weighted by Crippen LogP contribution is -2.81. The summed E-state index contributed by atoms with van der Waals surface area (Å²) in [5, 5.41) is 26.5. The molecule has 0 amide bonds. The van der Waals surface area contributed by atoms with Crippen LogP contribution in [0.15, 0.2) is 48.6 Å². The summed E-state index contributed by atoms with van der Waals surface area (Å²) in [4.78, 5) is 53.2. The van der Waals surface area contributed by atoms with Crippen molar-refractivity contribution < 1.29 is 43.5 Å². The molecular formula is C46H58N4O9. The van der Waals surface area contributed by atoms with Gasteiger partial charge >= 0.3 is 17.9 Å². The number of H-pyrrole nitrogens is 1. The number of esters is 3. The van der Waals surface area contributed by atoms with E-state index in [-0.39, 0.29) is 24.3 Å². The van der Waals surface area contributed by atoms with Gasteiger partial charge in [-0.05, 0) is 73.7 Å². The minimum absolute atomic E-state index is 0.0295. The predicted octanol–water partition coefficient (Wildman–Crippen LogP) is 3.85. The zero-order valence-corrected chi connectivity index (χ0v) is 35.2. The Hall–Kier alpha value is -4.43. The van der Waals surface area contributed by atoms with Crippen molar-refractivity contribution in [3.05, 3.63) is 70.9 Å². The number of methoxy groups -OCH3 is 3. The number of fused-ring (bicyclic) bond motifs is 6. The van der Waals surface area contributed by atoms with Crippen LogP contribution in [-0.2, 0) is 45.8 Å². The number of ether oxygens (including phenoxy) is 4. The van der Waals surface area contributed by atoms with Gasteiger partial charge in [-0.2, -0.15) is 0 Å². The Morgan fingerprint density at radius 1 is 0.983 bits per heavy atom. The molecule has 2 aromatic carbocycles. The van der Waals surface area contributed by atoms with E-state index in [2.05, 4.69) is 39.9 Å². The van der Waals surface area contributed by atoms with Crippen LogP contribution in [0.5, 0.6) is 5.75 Å². The van der Waals surface area contributed by atoms with Gasteiger partial charge in [0.2, 0.25) is 5.60 Å². The van der Waals surface area contributed by atoms with Gasteiger partial charge < -0.3 is 43.9 Å². The van der Waals surface area contributed by atoms with Gasteiger partial charge in [0.05, 0.1) is 33.5 Å². The van der Waals surface area contributed by atoms with Crippen molar-refractivity contribution in [1.82, 2.24) is 14.8 Å². The molecule has 2 unspecified atom stereocenters. The first kappa shape index (κ1) is 40.0. The van der Waals surface area contributed by atoms with Gasteiger partial charge in [0, 0.05) is 90.9 Å². The maximum atomic E-state index is 15.3. The number of benzene rings is 2. The fourth-order valence-electron chi connectivity index (χ4n) is 13.5. The van der Waals surface area contributed by atoms with E-state index in [0.717, 1.165) is 52.9 Å². The van der Waals surface area contributed by atoms with Crippen molar-refractivity contribution in [3.8, 4) is 5.75 Å². The Kier molecular flexibility index (Phi) is 9.54. The van der Waals surface area contributed by atoms with E-state index < -0.39 is 58.0 Å². The number of para-hydroxylation sites is 1. The highest BCUT2D eigenvalue weighted by Gasteiger charge is 2.80. The average Bonchev–Trinajstić information content (AvgIpc) is 3.91. The standard InChI is InChI=1S/C46H58N4O9/c1-8-27-24-49-19-15-30-29-13-10-11-14-33(29)47-37(30)45(41(53)57-6,23-28(25-49)36(27)52)32-21-31-34(22-35(32)56-5)48(4)39-44(31)17-20-50-18-12-16-43(9-2,38(44)50)40(59-26(3)51)46(39,55)42(54)58-7/h10-14,16,21-22,27-28,36,38-40,47,52,55H,8-9,15,17-20,23-25H2,1-7H3/t27-,28-,36?,38-,39+,40+,43+,44+,45-,46-/m0/s1. The number of aliphatic hydroxyl groups excluding tert-OH is 1. The van der Waals surface area contributed by atoms with E-state index >= 15 is 4.79 Å². The summed E-state index contributed by atoms with van der Waals surface area (Å²) in [5.74, 6) is -1.78. The monoisotopic (exact) mass is 810 g/mol. The van der Waals surface area contributed by atoms with Crippen LogP contribution in [0.1, 0.15) is 68.8 Å². The van der Waals surface area contributed by atoms with Crippen LogP contribution < -0.4 is 9.64 Å². The van der Waals surface area contributed by atoms with Crippen LogP contribution in [0, 0.1) is 17.3 Å². The average molecular weight is 811 g/mol. The van der Waals surface area contributed by atoms with Gasteiger partial charge in [-0.15, -0.1) is 0 Å². The van der Waals surface area contributed by atoms with Crippen LogP contribution in [0.4, 0.5) is 5.69 Å². The van der Waals surface area contributed by atoms with Gasteiger partial charge in [0.25, 0.3) is 0 Å². The highest BCUT2D eigenvalue weighted by molar-refractivity contribution is 5.95. The molecule has 6 heterocycles. The lowest BCUT2D eigenvalue weighted by Gasteiger charge is -2.63. The van der Waals surface area contributed by atoms with Crippen molar-refractivity contribution in [2.45, 2.75) is 93.6 Å². The van der Waals surface area contributed by atoms with E-state index in [0.29, 0.717) is 50.2 Å². The van der Waals surface area contributed by atoms with Crippen molar-refractivity contribution >= 4 is 34.5 Å². The summed E-state index contributed by atoms with van der Waals surface area (Å²) in [7, 11) is 6.13. The summed E-state index contributed by atoms with van der Waals surface area (Å²) in [5.41, 5.74) is -0.857. The van der Waals surface area contributed by atoms with E-state index in [1.165, 1.54) is 21.1 Å². The van der Waals surface area contributed by atoms with Gasteiger partial charge in [-0.25, -0.2) is 4.79 Å². The molecule has 2 bridgehead atoms.